The SMILES string of the molecule is C=C1C=C(c2ccccc2)N=C2C([C@H](Nc3ccc(F)cc3C(=O)O)C(F)(F)F)=CC=CN12. The van der Waals surface area contributed by atoms with Gasteiger partial charge in [-0.2, -0.15) is 13.2 Å². The van der Waals surface area contributed by atoms with Gasteiger partial charge in [0.15, 0.2) is 6.04 Å². The molecule has 0 aliphatic carbocycles. The molecule has 0 saturated heterocycles. The number of aromatic carboxylic acids is 1. The van der Waals surface area contributed by atoms with Gasteiger partial charge in [-0.25, -0.2) is 14.2 Å². The number of amidine groups is 1. The predicted molar refractivity (Wildman–Crippen MR) is 117 cm³/mol. The molecule has 0 unspecified atom stereocenters. The molecule has 0 amide bonds. The van der Waals surface area contributed by atoms with Gasteiger partial charge in [-0.1, -0.05) is 43.0 Å². The Balaban J connectivity index is 1.79. The molecule has 2 aliphatic rings. The van der Waals surface area contributed by atoms with Gasteiger partial charge in [-0.3, -0.25) is 0 Å². The van der Waals surface area contributed by atoms with Crippen molar-refractivity contribution in [2.45, 2.75) is 12.2 Å². The first-order valence-corrected chi connectivity index (χ1v) is 9.74. The van der Waals surface area contributed by atoms with Crippen LogP contribution in [-0.4, -0.2) is 34.0 Å². The monoisotopic (exact) mass is 455 g/mol. The minimum absolute atomic E-state index is 0.00216. The first kappa shape index (κ1) is 22.1. The van der Waals surface area contributed by atoms with Gasteiger partial charge in [0.2, 0.25) is 0 Å². The molecule has 2 aromatic rings. The maximum Gasteiger partial charge on any atom is 0.412 e. The molecule has 2 aromatic carbocycles. The minimum atomic E-state index is -4.83. The summed E-state index contributed by atoms with van der Waals surface area (Å²) in [6, 6.07) is 9.12. The number of carboxylic acids is 1. The summed E-state index contributed by atoms with van der Waals surface area (Å²) in [5, 5.41) is 11.6. The molecule has 5 nitrogen and oxygen atoms in total. The number of rotatable bonds is 5. The summed E-state index contributed by atoms with van der Waals surface area (Å²) < 4.78 is 56.2. The average Bonchev–Trinajstić information content (AvgIpc) is 2.77. The van der Waals surface area contributed by atoms with Gasteiger partial charge >= 0.3 is 12.1 Å². The number of fused-ring (bicyclic) bond motifs is 1. The van der Waals surface area contributed by atoms with Crippen molar-refractivity contribution in [3.8, 4) is 0 Å². The molecule has 33 heavy (non-hydrogen) atoms. The zero-order valence-electron chi connectivity index (χ0n) is 17.0. The zero-order valence-corrected chi connectivity index (χ0v) is 17.0. The maximum absolute atomic E-state index is 14.2. The molecule has 0 fully saturated rings. The number of hydrogen-bond acceptors (Lipinski definition) is 4. The predicted octanol–water partition coefficient (Wildman–Crippen LogP) is 5.59. The van der Waals surface area contributed by atoms with Crippen molar-refractivity contribution in [1.82, 2.24) is 4.90 Å². The van der Waals surface area contributed by atoms with Gasteiger partial charge in [0.25, 0.3) is 0 Å². The van der Waals surface area contributed by atoms with Gasteiger partial charge < -0.3 is 15.3 Å². The van der Waals surface area contributed by atoms with Crippen molar-refractivity contribution in [3.05, 3.63) is 108 Å². The van der Waals surface area contributed by atoms with E-state index in [9.17, 15) is 27.5 Å². The zero-order chi connectivity index (χ0) is 23.8. The number of carbonyl (C=O) groups is 1. The molecule has 168 valence electrons. The fourth-order valence-corrected chi connectivity index (χ4v) is 3.53. The van der Waals surface area contributed by atoms with E-state index in [-0.39, 0.29) is 17.1 Å². The second-order valence-corrected chi connectivity index (χ2v) is 7.27. The number of carboxylic acid groups (broad SMARTS) is 1. The molecular weight excluding hydrogens is 438 g/mol. The van der Waals surface area contributed by atoms with E-state index in [1.54, 1.807) is 30.3 Å². The van der Waals surface area contributed by atoms with E-state index >= 15 is 0 Å². The summed E-state index contributed by atoms with van der Waals surface area (Å²) in [6.07, 6.45) is 1.04. The van der Waals surface area contributed by atoms with Crippen LogP contribution in [0.2, 0.25) is 0 Å². The van der Waals surface area contributed by atoms with E-state index in [4.69, 9.17) is 0 Å². The van der Waals surface area contributed by atoms with Gasteiger partial charge in [0, 0.05) is 28.7 Å². The third-order valence-electron chi connectivity index (χ3n) is 5.06. The van der Waals surface area contributed by atoms with Crippen molar-refractivity contribution in [2.75, 3.05) is 5.32 Å². The van der Waals surface area contributed by atoms with Gasteiger partial charge in [-0.05, 0) is 30.4 Å². The Morgan fingerprint density at radius 1 is 1.15 bits per heavy atom. The largest absolute Gasteiger partial charge is 0.478 e. The summed E-state index contributed by atoms with van der Waals surface area (Å²) in [5.41, 5.74) is 0.308. The Kier molecular flexibility index (Phi) is 5.63. The number of anilines is 1. The lowest BCUT2D eigenvalue weighted by molar-refractivity contribution is -0.133. The number of nitrogens with zero attached hydrogens (tertiary/aromatic N) is 2. The molecule has 4 rings (SSSR count). The lowest BCUT2D eigenvalue weighted by Gasteiger charge is -2.35. The summed E-state index contributed by atoms with van der Waals surface area (Å²) in [4.78, 5) is 17.4. The van der Waals surface area contributed by atoms with E-state index in [1.807, 2.05) is 6.07 Å². The minimum Gasteiger partial charge on any atom is -0.478 e. The summed E-state index contributed by atoms with van der Waals surface area (Å²) in [6.45, 7) is 3.93. The van der Waals surface area contributed by atoms with Crippen LogP contribution in [0.15, 0.2) is 95.8 Å². The van der Waals surface area contributed by atoms with E-state index in [2.05, 4.69) is 16.9 Å². The molecule has 2 heterocycles. The first-order chi connectivity index (χ1) is 15.6. The lowest BCUT2D eigenvalue weighted by atomic mass is 9.98. The van der Waals surface area contributed by atoms with Crippen LogP contribution >= 0.6 is 0 Å². The second kappa shape index (κ2) is 8.42. The van der Waals surface area contributed by atoms with E-state index in [0.717, 1.165) is 12.1 Å². The quantitative estimate of drug-likeness (QED) is 0.577. The third kappa shape index (κ3) is 4.43. The Morgan fingerprint density at radius 3 is 2.55 bits per heavy atom. The molecule has 0 radical (unpaired) electrons. The molecule has 0 spiro atoms. The highest BCUT2D eigenvalue weighted by Gasteiger charge is 2.45. The van der Waals surface area contributed by atoms with Crippen LogP contribution in [0.25, 0.3) is 5.70 Å². The van der Waals surface area contributed by atoms with Crippen LogP contribution in [0.5, 0.6) is 0 Å². The fourth-order valence-electron chi connectivity index (χ4n) is 3.53. The maximum atomic E-state index is 14.2. The average molecular weight is 455 g/mol. The van der Waals surface area contributed by atoms with Crippen molar-refractivity contribution >= 4 is 23.2 Å². The lowest BCUT2D eigenvalue weighted by Crippen LogP contribution is -2.45. The molecule has 0 aromatic heterocycles. The van der Waals surface area contributed by atoms with Gasteiger partial charge in [0.1, 0.15) is 11.7 Å². The highest BCUT2D eigenvalue weighted by atomic mass is 19.4. The molecule has 2 aliphatic heterocycles. The van der Waals surface area contributed by atoms with E-state index in [0.29, 0.717) is 23.0 Å². The van der Waals surface area contributed by atoms with E-state index < -0.39 is 29.6 Å². The highest BCUT2D eigenvalue weighted by Crippen LogP contribution is 2.36. The van der Waals surface area contributed by atoms with Crippen LogP contribution in [0, 0.1) is 5.82 Å². The normalized spacial score (nSPS) is 16.4. The Morgan fingerprint density at radius 2 is 1.88 bits per heavy atom. The molecule has 2 N–H and O–H groups in total. The summed E-state index contributed by atoms with van der Waals surface area (Å²) in [5.74, 6) is -2.44. The number of alkyl halides is 3. The van der Waals surface area contributed by atoms with Crippen LogP contribution < -0.4 is 5.32 Å². The topological polar surface area (TPSA) is 64.9 Å². The fraction of sp³-hybridized carbons (Fsp3) is 0.0833. The molecule has 9 heteroatoms. The molecule has 0 bridgehead atoms. The van der Waals surface area contributed by atoms with Crippen molar-refractivity contribution in [1.29, 1.82) is 0 Å². The van der Waals surface area contributed by atoms with Crippen LogP contribution in [0.4, 0.5) is 23.2 Å². The van der Waals surface area contributed by atoms with Gasteiger partial charge in [0.05, 0.1) is 11.3 Å². The summed E-state index contributed by atoms with van der Waals surface area (Å²) >= 11 is 0. The van der Waals surface area contributed by atoms with Crippen molar-refractivity contribution in [2.24, 2.45) is 4.99 Å². The first-order valence-electron chi connectivity index (χ1n) is 9.74. The number of hydrogen-bond donors (Lipinski definition) is 2. The van der Waals surface area contributed by atoms with Crippen LogP contribution in [0.3, 0.4) is 0 Å². The number of benzene rings is 2. The number of allylic oxidation sites excluding steroid dienone is 3. The molecule has 0 saturated carbocycles. The van der Waals surface area contributed by atoms with Gasteiger partial charge in [-0.15, -0.1) is 0 Å². The van der Waals surface area contributed by atoms with Crippen molar-refractivity contribution in [3.63, 3.8) is 0 Å². The standard InChI is InChI=1S/C24H17F4N3O2/c1-14-12-20(15-6-3-2-4-7-15)30-22-17(8-5-11-31(14)22)21(24(26,27)28)29-19-10-9-16(25)13-18(19)23(32)33/h2-13,21,29H,1H2,(H,32,33)/t21-/m0/s1. The highest BCUT2D eigenvalue weighted by molar-refractivity contribution is 6.07. The number of nitrogens with one attached hydrogen (secondary N) is 1. The third-order valence-corrected chi connectivity index (χ3v) is 5.06. The summed E-state index contributed by atoms with van der Waals surface area (Å²) in [7, 11) is 0. The second-order valence-electron chi connectivity index (χ2n) is 7.27. The smallest absolute Gasteiger partial charge is 0.412 e. The Labute approximate surface area is 186 Å². The number of halogens is 4. The molecular formula is C24H17F4N3O2. The van der Waals surface area contributed by atoms with Crippen LogP contribution in [-0.2, 0) is 0 Å². The van der Waals surface area contributed by atoms with Crippen molar-refractivity contribution < 1.29 is 27.5 Å². The van der Waals surface area contributed by atoms with Crippen LogP contribution in [0.1, 0.15) is 15.9 Å². The van der Waals surface area contributed by atoms with E-state index in [1.165, 1.54) is 23.3 Å². The Bertz CT molecular complexity index is 1240. The Hall–Kier alpha value is -4.14. The number of aliphatic imine (C=N–C) groups is 1. The molecule has 1 atom stereocenters.